The van der Waals surface area contributed by atoms with Crippen molar-refractivity contribution in [1.82, 2.24) is 60.0 Å². The zero-order valence-electron chi connectivity index (χ0n) is 64.3. The molecule has 604 valence electrons. The number of rotatable bonds is 11. The summed E-state index contributed by atoms with van der Waals surface area (Å²) in [5.74, 6) is -16.9. The average molecular weight is 1530 g/mol. The molecule has 3 heterocycles. The first-order chi connectivity index (χ1) is 50.0. The molecule has 6 fully saturated rings. The predicted molar refractivity (Wildman–Crippen MR) is 376 cm³/mol. The molecule has 7 rings (SSSR count). The van der Waals surface area contributed by atoms with Gasteiger partial charge < -0.3 is 64.8 Å². The van der Waals surface area contributed by atoms with Crippen LogP contribution in [0.5, 0.6) is 0 Å². The van der Waals surface area contributed by atoms with Gasteiger partial charge in [-0.25, -0.2) is 8.78 Å². The second-order valence-electron chi connectivity index (χ2n) is 32.4. The highest BCUT2D eigenvalue weighted by atomic mass is 19.4. The monoisotopic (exact) mass is 1530 g/mol. The molecule has 11 atom stereocenters. The molecule has 107 heavy (non-hydrogen) atoms. The highest BCUT2D eigenvalue weighted by Crippen LogP contribution is 2.50. The fourth-order valence-electron chi connectivity index (χ4n) is 17.4. The molecule has 2 unspecified atom stereocenters. The minimum Gasteiger partial charge on any atom is -0.382 e. The van der Waals surface area contributed by atoms with Gasteiger partial charge in [0.05, 0.1) is 32.0 Å². The molecule has 12 amide bonds. The number of carbonyl (C=O) groups excluding carboxylic acids is 12. The molecule has 25 nitrogen and oxygen atoms in total. The van der Waals surface area contributed by atoms with Crippen LogP contribution in [0.4, 0.5) is 35.1 Å². The maximum atomic E-state index is 15.7. The molecule has 3 N–H and O–H groups in total. The highest BCUT2D eigenvalue weighted by molar-refractivity contribution is 6.01. The third-order valence-electron chi connectivity index (χ3n) is 23.7. The Kier molecular flexibility index (Phi) is 29.7. The van der Waals surface area contributed by atoms with Gasteiger partial charge in [0, 0.05) is 76.6 Å². The van der Waals surface area contributed by atoms with Gasteiger partial charge in [-0.15, -0.1) is 0 Å². The summed E-state index contributed by atoms with van der Waals surface area (Å²) < 4.78 is 121. The lowest BCUT2D eigenvalue weighted by atomic mass is 9.58. The van der Waals surface area contributed by atoms with E-state index in [4.69, 9.17) is 4.74 Å². The van der Waals surface area contributed by atoms with Crippen LogP contribution < -0.4 is 16.0 Å². The van der Waals surface area contributed by atoms with Crippen molar-refractivity contribution in [3.63, 3.8) is 0 Å². The Morgan fingerprint density at radius 3 is 1.81 bits per heavy atom. The van der Waals surface area contributed by atoms with Gasteiger partial charge >= 0.3 is 12.4 Å². The number of carbonyl (C=O) groups is 12. The zero-order chi connectivity index (χ0) is 79.7. The van der Waals surface area contributed by atoms with E-state index < -0.39 is 236 Å². The van der Waals surface area contributed by atoms with Crippen LogP contribution >= 0.6 is 0 Å². The van der Waals surface area contributed by atoms with Crippen molar-refractivity contribution in [1.29, 1.82) is 0 Å². The largest absolute Gasteiger partial charge is 0.397 e. The molecule has 33 heteroatoms. The Balaban J connectivity index is 1.32. The summed E-state index contributed by atoms with van der Waals surface area (Å²) in [5, 5.41) is 8.39. The number of amides is 12. The number of methoxy groups -OCH3 is 1. The smallest absolute Gasteiger partial charge is 0.382 e. The molecule has 0 aromatic heterocycles. The van der Waals surface area contributed by atoms with E-state index in [0.717, 1.165) is 24.5 Å². The van der Waals surface area contributed by atoms with Crippen molar-refractivity contribution in [2.24, 2.45) is 40.9 Å². The maximum Gasteiger partial charge on any atom is 0.397 e. The van der Waals surface area contributed by atoms with E-state index in [1.165, 1.54) is 83.1 Å². The van der Waals surface area contributed by atoms with Crippen LogP contribution in [0.3, 0.4) is 0 Å². The van der Waals surface area contributed by atoms with Gasteiger partial charge in [-0.2, -0.15) is 26.3 Å². The van der Waals surface area contributed by atoms with E-state index in [9.17, 15) is 55.1 Å². The van der Waals surface area contributed by atoms with Gasteiger partial charge in [0.2, 0.25) is 70.9 Å². The summed E-state index contributed by atoms with van der Waals surface area (Å²) in [6.45, 7) is 4.93. The lowest BCUT2D eigenvalue weighted by Crippen LogP contribution is -2.72. The Hall–Kier alpha value is -7.22. The lowest BCUT2D eigenvalue weighted by Gasteiger charge is -2.54. The first-order valence-corrected chi connectivity index (χ1v) is 37.8. The number of halogens is 8. The van der Waals surface area contributed by atoms with Crippen LogP contribution in [0.15, 0.2) is 12.2 Å². The maximum absolute atomic E-state index is 15.7. The van der Waals surface area contributed by atoms with E-state index >= 15 is 37.5 Å². The van der Waals surface area contributed by atoms with Crippen LogP contribution in [-0.4, -0.2) is 290 Å². The van der Waals surface area contributed by atoms with Crippen LogP contribution in [0.2, 0.25) is 0 Å². The first kappa shape index (κ1) is 87.0. The van der Waals surface area contributed by atoms with Gasteiger partial charge in [-0.3, -0.25) is 57.5 Å². The minimum absolute atomic E-state index is 0.00261. The van der Waals surface area contributed by atoms with Crippen LogP contribution in [-0.2, 0) is 62.3 Å². The minimum atomic E-state index is -5.21. The van der Waals surface area contributed by atoms with Gasteiger partial charge in [-0.1, -0.05) is 59.1 Å². The number of nitrogens with zero attached hydrogens (tertiary/aromatic N) is 9. The zero-order valence-corrected chi connectivity index (χ0v) is 64.3. The number of likely N-dealkylation sites (N-methyl/N-ethyl adjacent to an activating group) is 7. The van der Waals surface area contributed by atoms with E-state index in [2.05, 4.69) is 16.0 Å². The summed E-state index contributed by atoms with van der Waals surface area (Å²) in [6.07, 6.45) is -12.0. The molecule has 4 saturated carbocycles. The van der Waals surface area contributed by atoms with Crippen molar-refractivity contribution in [3.8, 4) is 0 Å². The summed E-state index contributed by atoms with van der Waals surface area (Å²) in [5.41, 5.74) is -2.31. The topological polar surface area (TPSA) is 279 Å². The molecule has 1 spiro atoms. The van der Waals surface area contributed by atoms with Crippen molar-refractivity contribution < 1.29 is 97.4 Å². The Labute approximate surface area is 623 Å². The van der Waals surface area contributed by atoms with Gasteiger partial charge in [0.15, 0.2) is 0 Å². The fraction of sp³-hybridized carbons (Fsp3) is 0.811. The number of fused-ring (bicyclic) bond motifs is 3. The first-order valence-electron chi connectivity index (χ1n) is 37.8. The second kappa shape index (κ2) is 36.5. The van der Waals surface area contributed by atoms with Crippen LogP contribution in [0, 0.1) is 40.9 Å². The molecule has 0 radical (unpaired) electrons. The van der Waals surface area contributed by atoms with Gasteiger partial charge in [-0.05, 0) is 145 Å². The van der Waals surface area contributed by atoms with Crippen molar-refractivity contribution in [3.05, 3.63) is 12.2 Å². The lowest BCUT2D eigenvalue weighted by molar-refractivity contribution is -0.219. The Bertz CT molecular complexity index is 3220. The molecule has 2 bridgehead atoms. The Morgan fingerprint density at radius 1 is 0.636 bits per heavy atom. The number of alkyl halides is 8. The fourth-order valence-corrected chi connectivity index (χ4v) is 17.4. The quantitative estimate of drug-likeness (QED) is 0.159. The number of hydrogen-bond donors (Lipinski definition) is 3. The van der Waals surface area contributed by atoms with Crippen molar-refractivity contribution >= 4 is 70.9 Å². The van der Waals surface area contributed by atoms with E-state index in [-0.39, 0.29) is 83.7 Å². The number of ether oxygens (including phenoxy) is 1. The summed E-state index contributed by atoms with van der Waals surface area (Å²) in [7, 11) is 12.0. The average Bonchev–Trinajstić information content (AvgIpc) is 1.15. The molecular formula is C74H114F8N12O13. The molecule has 4 aliphatic carbocycles. The molecule has 3 aliphatic heterocycles. The van der Waals surface area contributed by atoms with Crippen LogP contribution in [0.25, 0.3) is 0 Å². The van der Waals surface area contributed by atoms with E-state index in [0.29, 0.717) is 44.9 Å². The summed E-state index contributed by atoms with van der Waals surface area (Å²) in [6, 6.07) is -11.5. The molecule has 7 aliphatic rings. The van der Waals surface area contributed by atoms with Gasteiger partial charge in [0.1, 0.15) is 72.1 Å². The summed E-state index contributed by atoms with van der Waals surface area (Å²) >= 11 is 0. The SMILES string of the molecule is CC[C@H](C)[C@@H]1NC(=O)[C@H](COC)N(C)C(=O)C[C@@H](C(=O)N(C)C)N(C)C(=O)[C@H](C2CCCC2)N(C)C(=O)C2(CC(C)(C)C2)NC(=O)[C@@H]2CCCCN2C(=O)[C@H](CCC2CC(F)C(C(F)(F)F)C(F)C2)NC(=O)CN(C)C(=O)[C@H](CC2CCC(C(F)(F)F)CC2)N2CC/C=C\C[C@@H](C2=O)N(C)C(=O)CN(C)C1=O. The highest BCUT2D eigenvalue weighted by Gasteiger charge is 2.60. The van der Waals surface area contributed by atoms with Crippen molar-refractivity contribution in [2.75, 3.05) is 96.3 Å². The standard InChI is InChI=1S/C74H114F8N12O13/c1-14-43(2)60-68(104)88(8)39-58(97)89(9)52-25-16-15-20-32-94(67(52)103)54(36-44-26-29-47(30-27-44)73(77,78)79)66(102)87(7)38-56(95)83-50(31-28-45-34-48(75)59(49(76)35-45)74(80,81)82)64(100)93-33-21-19-24-51(93)63(99)85-72(41-71(3,4)42-72)70(106)92(12)61(46-22-17-18-23-46)69(105)91(11)53(65(101)86(5)6)37-57(96)90(10)55(40-107-13)62(98)84-60/h15-16,43-55,59-61H,14,17-42H2,1-13H3,(H,83,95)(H,84,98)(H,85,99)/b16-15-/t43-,44?,45?,47?,48?,49?,50-,51-,52-,53-,54-,55-,59?,60-,61-/m0/s1. The van der Waals surface area contributed by atoms with Crippen LogP contribution in [0.1, 0.15) is 169 Å². The van der Waals surface area contributed by atoms with Crippen molar-refractivity contribution in [2.45, 2.75) is 248 Å². The predicted octanol–water partition coefficient (Wildman–Crippen LogP) is 5.96. The number of nitrogens with one attached hydrogen (secondary N) is 3. The molecule has 0 aromatic rings. The van der Waals surface area contributed by atoms with E-state index in [1.54, 1.807) is 26.0 Å². The number of piperidine rings is 1. The van der Waals surface area contributed by atoms with E-state index in [1.807, 2.05) is 13.8 Å². The molecular weight excluding hydrogens is 1420 g/mol. The number of hydrogen-bond acceptors (Lipinski definition) is 13. The Morgan fingerprint density at radius 2 is 1.24 bits per heavy atom. The second-order valence-corrected chi connectivity index (χ2v) is 32.4. The van der Waals surface area contributed by atoms with Gasteiger partial charge in [0.25, 0.3) is 0 Å². The normalized spacial score (nSPS) is 32.0. The third-order valence-corrected chi connectivity index (χ3v) is 23.7. The molecule has 0 aromatic carbocycles. The summed E-state index contributed by atoms with van der Waals surface area (Å²) in [4.78, 5) is 191. The third kappa shape index (κ3) is 21.0. The molecule has 2 saturated heterocycles.